The van der Waals surface area contributed by atoms with Crippen LogP contribution in [0.4, 0.5) is 0 Å². The van der Waals surface area contributed by atoms with E-state index < -0.39 is 4.33 Å². The van der Waals surface area contributed by atoms with Gasteiger partial charge in [-0.1, -0.05) is 13.3 Å². The van der Waals surface area contributed by atoms with Gasteiger partial charge in [0.2, 0.25) is 0 Å². The van der Waals surface area contributed by atoms with Crippen molar-refractivity contribution in [2.24, 2.45) is 0 Å². The number of hydrogen-bond donors (Lipinski definition) is 0. The highest BCUT2D eigenvalue weighted by Gasteiger charge is 2.04. The van der Waals surface area contributed by atoms with Gasteiger partial charge in [0, 0.05) is 0 Å². The van der Waals surface area contributed by atoms with Crippen molar-refractivity contribution >= 4 is 11.9 Å². The van der Waals surface area contributed by atoms with Crippen LogP contribution in [0.25, 0.3) is 0 Å². The maximum absolute atomic E-state index is 10.2. The molecular formula is C10H13NO3S. The first kappa shape index (κ1) is 11.8. The maximum Gasteiger partial charge on any atom is 0.265 e. The standard InChI is InChI=1S/C10H13NO3S/c1-2-3-8-14-9-4-6-10(7-5-9)15-11(12)13/h4-7H,2-3,8H2,1H3. The zero-order valence-corrected chi connectivity index (χ0v) is 9.33. The fourth-order valence-electron chi connectivity index (χ4n) is 1.02. The van der Waals surface area contributed by atoms with Crippen LogP contribution >= 0.6 is 11.9 Å². The molecule has 0 amide bonds. The second-order valence-corrected chi connectivity index (χ2v) is 3.94. The molecule has 1 rings (SSSR count). The second kappa shape index (κ2) is 6.29. The Bertz CT molecular complexity index is 313. The first-order valence-corrected chi connectivity index (χ1v) is 5.55. The minimum absolute atomic E-state index is 0.424. The van der Waals surface area contributed by atoms with Gasteiger partial charge in [0.15, 0.2) is 0 Å². The zero-order valence-electron chi connectivity index (χ0n) is 8.51. The van der Waals surface area contributed by atoms with Gasteiger partial charge in [-0.05, 0) is 30.7 Å². The van der Waals surface area contributed by atoms with Crippen molar-refractivity contribution in [2.45, 2.75) is 24.7 Å². The molecule has 0 bridgehead atoms. The summed E-state index contributed by atoms with van der Waals surface area (Å²) in [4.78, 5) is 10.8. The molecule has 0 fully saturated rings. The average molecular weight is 227 g/mol. The molecule has 15 heavy (non-hydrogen) atoms. The van der Waals surface area contributed by atoms with Crippen LogP contribution in [0, 0.1) is 10.1 Å². The van der Waals surface area contributed by atoms with Crippen LogP contribution in [0.15, 0.2) is 29.2 Å². The van der Waals surface area contributed by atoms with E-state index in [4.69, 9.17) is 4.74 Å². The highest BCUT2D eigenvalue weighted by Crippen LogP contribution is 2.21. The Balaban J connectivity index is 2.45. The predicted molar refractivity (Wildman–Crippen MR) is 59.7 cm³/mol. The zero-order chi connectivity index (χ0) is 11.1. The van der Waals surface area contributed by atoms with Crippen molar-refractivity contribution < 1.29 is 9.07 Å². The predicted octanol–water partition coefficient (Wildman–Crippen LogP) is 3.15. The van der Waals surface area contributed by atoms with Gasteiger partial charge < -0.3 is 4.74 Å². The largest absolute Gasteiger partial charge is 0.494 e. The Morgan fingerprint density at radius 2 is 2.07 bits per heavy atom. The minimum atomic E-state index is -0.424. The quantitative estimate of drug-likeness (QED) is 0.324. The third kappa shape index (κ3) is 4.69. The molecule has 0 atom stereocenters. The summed E-state index contributed by atoms with van der Waals surface area (Å²) < 4.78 is 5.00. The summed E-state index contributed by atoms with van der Waals surface area (Å²) in [7, 11) is 0. The molecule has 0 N–H and O–H groups in total. The van der Waals surface area contributed by atoms with Crippen LogP contribution in [0.5, 0.6) is 5.75 Å². The number of nitro groups is 1. The number of ether oxygens (including phenoxy) is 1. The molecule has 0 aliphatic heterocycles. The monoisotopic (exact) mass is 227 g/mol. The molecule has 4 nitrogen and oxygen atoms in total. The van der Waals surface area contributed by atoms with Crippen molar-refractivity contribution in [3.8, 4) is 5.75 Å². The number of rotatable bonds is 6. The van der Waals surface area contributed by atoms with E-state index in [0.29, 0.717) is 23.5 Å². The second-order valence-electron chi connectivity index (χ2n) is 2.99. The van der Waals surface area contributed by atoms with E-state index in [1.165, 1.54) is 0 Å². The van der Waals surface area contributed by atoms with Crippen LogP contribution in [-0.4, -0.2) is 10.9 Å². The van der Waals surface area contributed by atoms with Crippen molar-refractivity contribution in [3.63, 3.8) is 0 Å². The van der Waals surface area contributed by atoms with Crippen molar-refractivity contribution in [1.29, 1.82) is 0 Å². The molecule has 0 radical (unpaired) electrons. The van der Waals surface area contributed by atoms with Crippen LogP contribution in [0.1, 0.15) is 19.8 Å². The van der Waals surface area contributed by atoms with E-state index in [9.17, 15) is 10.1 Å². The lowest BCUT2D eigenvalue weighted by molar-refractivity contribution is -0.284. The topological polar surface area (TPSA) is 52.4 Å². The average Bonchev–Trinajstić information content (AvgIpc) is 2.20. The molecule has 0 aliphatic carbocycles. The first-order chi connectivity index (χ1) is 7.22. The number of hydrogen-bond acceptors (Lipinski definition) is 4. The van der Waals surface area contributed by atoms with Crippen LogP contribution in [-0.2, 0) is 0 Å². The molecule has 1 aromatic carbocycles. The van der Waals surface area contributed by atoms with E-state index in [0.717, 1.165) is 18.6 Å². The van der Waals surface area contributed by atoms with E-state index in [-0.39, 0.29) is 0 Å². The summed E-state index contributed by atoms with van der Waals surface area (Å²) >= 11 is 0.602. The normalized spacial score (nSPS) is 9.93. The molecule has 0 heterocycles. The van der Waals surface area contributed by atoms with Gasteiger partial charge in [0.1, 0.15) is 10.1 Å². The third-order valence-corrected chi connectivity index (χ3v) is 2.40. The number of unbranched alkanes of at least 4 members (excludes halogenated alkanes) is 1. The van der Waals surface area contributed by atoms with Gasteiger partial charge in [0.05, 0.1) is 11.5 Å². The summed E-state index contributed by atoms with van der Waals surface area (Å²) in [5.74, 6) is 0.760. The molecule has 1 aromatic rings. The molecule has 0 saturated heterocycles. The molecule has 5 heteroatoms. The SMILES string of the molecule is CCCCOc1ccc(S[N+](=O)[O-])cc1. The Morgan fingerprint density at radius 3 is 2.60 bits per heavy atom. The fourth-order valence-corrected chi connectivity index (χ4v) is 1.45. The van der Waals surface area contributed by atoms with Gasteiger partial charge in [-0.15, -0.1) is 0 Å². The van der Waals surface area contributed by atoms with Gasteiger partial charge in [-0.2, -0.15) is 0 Å². The number of nitrogens with zero attached hydrogens (tertiary/aromatic N) is 1. The van der Waals surface area contributed by atoms with E-state index >= 15 is 0 Å². The van der Waals surface area contributed by atoms with E-state index in [1.54, 1.807) is 24.3 Å². The Morgan fingerprint density at radius 1 is 1.40 bits per heavy atom. The fraction of sp³-hybridized carbons (Fsp3) is 0.400. The van der Waals surface area contributed by atoms with Crippen LogP contribution in [0.3, 0.4) is 0 Å². The molecule has 0 saturated carbocycles. The van der Waals surface area contributed by atoms with Crippen LogP contribution < -0.4 is 4.74 Å². The van der Waals surface area contributed by atoms with Gasteiger partial charge in [-0.25, -0.2) is 0 Å². The molecule has 0 spiro atoms. The van der Waals surface area contributed by atoms with Crippen molar-refractivity contribution in [3.05, 3.63) is 34.4 Å². The summed E-state index contributed by atoms with van der Waals surface area (Å²) in [5.41, 5.74) is 0. The lowest BCUT2D eigenvalue weighted by Crippen LogP contribution is -1.95. The number of benzene rings is 1. The summed E-state index contributed by atoms with van der Waals surface area (Å²) in [6, 6.07) is 6.88. The Labute approximate surface area is 92.9 Å². The first-order valence-electron chi connectivity index (χ1n) is 4.77. The maximum atomic E-state index is 10.2. The lowest BCUT2D eigenvalue weighted by atomic mass is 10.3. The van der Waals surface area contributed by atoms with Gasteiger partial charge >= 0.3 is 0 Å². The smallest absolute Gasteiger partial charge is 0.265 e. The third-order valence-electron chi connectivity index (χ3n) is 1.77. The summed E-state index contributed by atoms with van der Waals surface area (Å²) in [6.07, 6.45) is 2.11. The van der Waals surface area contributed by atoms with Crippen molar-refractivity contribution in [1.82, 2.24) is 0 Å². The van der Waals surface area contributed by atoms with Crippen LogP contribution in [0.2, 0.25) is 0 Å². The van der Waals surface area contributed by atoms with Crippen molar-refractivity contribution in [2.75, 3.05) is 6.61 Å². The summed E-state index contributed by atoms with van der Waals surface area (Å²) in [5, 5.41) is 10.2. The molecule has 82 valence electrons. The molecular weight excluding hydrogens is 214 g/mol. The molecule has 0 aliphatic rings. The lowest BCUT2D eigenvalue weighted by Gasteiger charge is -2.04. The van der Waals surface area contributed by atoms with Gasteiger partial charge in [0.25, 0.3) is 11.9 Å². The molecule has 0 unspecified atom stereocenters. The summed E-state index contributed by atoms with van der Waals surface area (Å²) in [6.45, 7) is 2.79. The Kier molecular flexibility index (Phi) is 4.97. The van der Waals surface area contributed by atoms with E-state index in [1.807, 2.05) is 0 Å². The highest BCUT2D eigenvalue weighted by molar-refractivity contribution is 7.93. The molecule has 0 aromatic heterocycles. The Hall–Kier alpha value is -1.23. The van der Waals surface area contributed by atoms with E-state index in [2.05, 4.69) is 6.92 Å². The highest BCUT2D eigenvalue weighted by atomic mass is 32.2. The minimum Gasteiger partial charge on any atom is -0.494 e. The van der Waals surface area contributed by atoms with Gasteiger partial charge in [-0.3, -0.25) is 10.1 Å².